The molecule has 0 radical (unpaired) electrons. The van der Waals surface area contributed by atoms with Crippen molar-refractivity contribution >= 4 is 34.0 Å². The molecule has 2 aromatic heterocycles. The van der Waals surface area contributed by atoms with E-state index in [2.05, 4.69) is 34.2 Å². The van der Waals surface area contributed by atoms with E-state index in [9.17, 15) is 5.11 Å². The molecule has 0 fully saturated rings. The Morgan fingerprint density at radius 3 is 2.86 bits per heavy atom. The predicted octanol–water partition coefficient (Wildman–Crippen LogP) is 5.49. The second-order valence-electron chi connectivity index (χ2n) is 7.02. The van der Waals surface area contributed by atoms with Crippen molar-refractivity contribution in [2.24, 2.45) is 0 Å². The van der Waals surface area contributed by atoms with Gasteiger partial charge in [0.2, 0.25) is 0 Å². The Labute approximate surface area is 174 Å². The number of nitrogens with zero attached hydrogens (tertiary/aromatic N) is 1. The number of nitrogens with one attached hydrogen (secondary N) is 1. The topological polar surface area (TPSA) is 67.4 Å². The molecular formula is C23H24N2O3S. The maximum absolute atomic E-state index is 9.42. The number of benzene rings is 2. The number of aromatic nitrogens is 2. The molecule has 6 heteroatoms. The molecule has 0 bridgehead atoms. The predicted molar refractivity (Wildman–Crippen MR) is 118 cm³/mol. The number of rotatable bonds is 7. The average Bonchev–Trinajstić information content (AvgIpc) is 3.12. The zero-order chi connectivity index (χ0) is 20.4. The lowest BCUT2D eigenvalue weighted by Crippen LogP contribution is -2.16. The average molecular weight is 409 g/mol. The summed E-state index contributed by atoms with van der Waals surface area (Å²) in [5.41, 5.74) is 5.00. The van der Waals surface area contributed by atoms with Gasteiger partial charge in [-0.1, -0.05) is 12.1 Å². The third kappa shape index (κ3) is 3.96. The molecule has 0 unspecified atom stereocenters. The quantitative estimate of drug-likeness (QED) is 0.396. The molecule has 2 N–H and O–H groups in total. The first kappa shape index (κ1) is 19.8. The van der Waals surface area contributed by atoms with Crippen LogP contribution in [0, 0.1) is 6.92 Å². The van der Waals surface area contributed by atoms with Gasteiger partial charge in [0.25, 0.3) is 0 Å². The summed E-state index contributed by atoms with van der Waals surface area (Å²) in [4.78, 5) is 9.04. The molecule has 150 valence electrons. The van der Waals surface area contributed by atoms with Crippen molar-refractivity contribution in [3.05, 3.63) is 54.2 Å². The lowest BCUT2D eigenvalue weighted by Gasteiger charge is -2.14. The molecule has 0 aliphatic rings. The van der Waals surface area contributed by atoms with Crippen molar-refractivity contribution in [3.63, 3.8) is 0 Å². The van der Waals surface area contributed by atoms with Crippen molar-refractivity contribution < 1.29 is 14.0 Å². The first-order valence-electron chi connectivity index (χ1n) is 9.69. The van der Waals surface area contributed by atoms with E-state index in [1.165, 1.54) is 12.0 Å². The SMILES string of the molecule is CCOSc1cccc(-c2ccc(O[C@@H](C)CO)c3[nH]c4ncc(C)cc4c23)c1. The number of ether oxygens (including phenoxy) is 1. The number of aliphatic hydroxyl groups is 1. The summed E-state index contributed by atoms with van der Waals surface area (Å²) in [6, 6.07) is 14.5. The molecule has 0 saturated heterocycles. The molecule has 1 atom stereocenters. The number of aliphatic hydroxyl groups excluding tert-OH is 1. The van der Waals surface area contributed by atoms with E-state index in [4.69, 9.17) is 8.92 Å². The maximum atomic E-state index is 9.42. The highest BCUT2D eigenvalue weighted by molar-refractivity contribution is 7.94. The Hall–Kier alpha value is -2.54. The maximum Gasteiger partial charge on any atom is 0.144 e. The summed E-state index contributed by atoms with van der Waals surface area (Å²) in [5, 5.41) is 11.5. The lowest BCUT2D eigenvalue weighted by molar-refractivity contribution is 0.131. The third-order valence-electron chi connectivity index (χ3n) is 4.71. The monoisotopic (exact) mass is 408 g/mol. The number of aryl methyl sites for hydroxylation is 1. The second kappa shape index (κ2) is 8.45. The van der Waals surface area contributed by atoms with Gasteiger partial charge in [-0.15, -0.1) is 0 Å². The van der Waals surface area contributed by atoms with Crippen LogP contribution in [0.15, 0.2) is 53.6 Å². The zero-order valence-electron chi connectivity index (χ0n) is 16.7. The number of hydrogen-bond acceptors (Lipinski definition) is 5. The number of H-pyrrole nitrogens is 1. The number of hydrogen-bond donors (Lipinski definition) is 2. The van der Waals surface area contributed by atoms with Gasteiger partial charge in [0, 0.05) is 33.9 Å². The van der Waals surface area contributed by atoms with Crippen molar-refractivity contribution in [2.45, 2.75) is 31.8 Å². The Morgan fingerprint density at radius 1 is 1.21 bits per heavy atom. The molecule has 0 aliphatic carbocycles. The number of pyridine rings is 1. The molecule has 0 aliphatic heterocycles. The van der Waals surface area contributed by atoms with E-state index >= 15 is 0 Å². The smallest absolute Gasteiger partial charge is 0.144 e. The van der Waals surface area contributed by atoms with Gasteiger partial charge >= 0.3 is 0 Å². The first-order chi connectivity index (χ1) is 14.1. The fraction of sp³-hybridized carbons (Fsp3) is 0.261. The minimum atomic E-state index is -0.295. The first-order valence-corrected chi connectivity index (χ1v) is 10.4. The van der Waals surface area contributed by atoms with Crippen LogP contribution in [-0.4, -0.2) is 34.4 Å². The summed E-state index contributed by atoms with van der Waals surface area (Å²) < 4.78 is 11.5. The molecule has 4 aromatic rings. The van der Waals surface area contributed by atoms with Gasteiger partial charge in [-0.25, -0.2) is 4.98 Å². The van der Waals surface area contributed by atoms with E-state index in [0.29, 0.717) is 12.4 Å². The highest BCUT2D eigenvalue weighted by Crippen LogP contribution is 2.40. The van der Waals surface area contributed by atoms with Crippen LogP contribution in [0.2, 0.25) is 0 Å². The van der Waals surface area contributed by atoms with Gasteiger partial charge in [0.05, 0.1) is 18.7 Å². The largest absolute Gasteiger partial charge is 0.486 e. The summed E-state index contributed by atoms with van der Waals surface area (Å²) in [6.07, 6.45) is 1.56. The van der Waals surface area contributed by atoms with E-state index < -0.39 is 0 Å². The zero-order valence-corrected chi connectivity index (χ0v) is 17.5. The summed E-state index contributed by atoms with van der Waals surface area (Å²) >= 11 is 1.38. The molecule has 0 saturated carbocycles. The van der Waals surface area contributed by atoms with E-state index in [-0.39, 0.29) is 12.7 Å². The normalized spacial score (nSPS) is 12.6. The van der Waals surface area contributed by atoms with Crippen LogP contribution in [0.3, 0.4) is 0 Å². The third-order valence-corrected chi connectivity index (χ3v) is 5.51. The van der Waals surface area contributed by atoms with Crippen LogP contribution in [0.4, 0.5) is 0 Å². The molecule has 4 rings (SSSR count). The minimum absolute atomic E-state index is 0.0441. The second-order valence-corrected chi connectivity index (χ2v) is 7.90. The molecule has 5 nitrogen and oxygen atoms in total. The van der Waals surface area contributed by atoms with Crippen LogP contribution in [0.25, 0.3) is 33.1 Å². The fourth-order valence-electron chi connectivity index (χ4n) is 3.40. The Balaban J connectivity index is 1.94. The van der Waals surface area contributed by atoms with Crippen molar-refractivity contribution in [1.82, 2.24) is 9.97 Å². The van der Waals surface area contributed by atoms with E-state index in [1.807, 2.05) is 45.2 Å². The van der Waals surface area contributed by atoms with E-state index in [1.54, 1.807) is 0 Å². The van der Waals surface area contributed by atoms with Crippen molar-refractivity contribution in [2.75, 3.05) is 13.2 Å². The van der Waals surface area contributed by atoms with Crippen LogP contribution < -0.4 is 4.74 Å². The molecule has 29 heavy (non-hydrogen) atoms. The molecule has 0 spiro atoms. The van der Waals surface area contributed by atoms with Gasteiger partial charge in [-0.2, -0.15) is 0 Å². The van der Waals surface area contributed by atoms with Crippen LogP contribution in [-0.2, 0) is 4.18 Å². The molecule has 0 amide bonds. The van der Waals surface area contributed by atoms with Crippen LogP contribution >= 0.6 is 12.0 Å². The van der Waals surface area contributed by atoms with Gasteiger partial charge in [0.15, 0.2) is 0 Å². The van der Waals surface area contributed by atoms with Crippen molar-refractivity contribution in [3.8, 4) is 16.9 Å². The van der Waals surface area contributed by atoms with Gasteiger partial charge in [0.1, 0.15) is 17.5 Å². The van der Waals surface area contributed by atoms with Gasteiger partial charge < -0.3 is 19.0 Å². The number of aromatic amines is 1. The number of fused-ring (bicyclic) bond motifs is 3. The van der Waals surface area contributed by atoms with Crippen LogP contribution in [0.5, 0.6) is 5.75 Å². The van der Waals surface area contributed by atoms with Gasteiger partial charge in [-0.05, 0) is 67.8 Å². The molecule has 2 aromatic carbocycles. The molecule has 2 heterocycles. The highest BCUT2D eigenvalue weighted by Gasteiger charge is 2.17. The van der Waals surface area contributed by atoms with Crippen molar-refractivity contribution in [1.29, 1.82) is 0 Å². The molecular weight excluding hydrogens is 384 g/mol. The van der Waals surface area contributed by atoms with Crippen LogP contribution in [0.1, 0.15) is 19.4 Å². The summed E-state index contributed by atoms with van der Waals surface area (Å²) in [7, 11) is 0. The minimum Gasteiger partial charge on any atom is -0.486 e. The Bertz CT molecular complexity index is 1160. The Kier molecular flexibility index (Phi) is 5.76. The fourth-order valence-corrected chi connectivity index (χ4v) is 3.96. The Morgan fingerprint density at radius 2 is 2.07 bits per heavy atom. The standard InChI is InChI=1S/C23H24N2O3S/c1-4-27-29-17-7-5-6-16(11-17)18-8-9-20(28-15(3)13-26)22-21(18)19-10-14(2)12-24-23(19)25-22/h5-12,15,26H,4,13H2,1-3H3,(H,24,25)/t15-/m0/s1. The summed E-state index contributed by atoms with van der Waals surface area (Å²) in [5.74, 6) is 0.709. The summed E-state index contributed by atoms with van der Waals surface area (Å²) in [6.45, 7) is 6.48. The highest BCUT2D eigenvalue weighted by atomic mass is 32.2. The van der Waals surface area contributed by atoms with E-state index in [0.717, 1.165) is 43.5 Å². The van der Waals surface area contributed by atoms with Gasteiger partial charge in [-0.3, -0.25) is 0 Å². The lowest BCUT2D eigenvalue weighted by atomic mass is 9.99.